The molecule has 6 nitrogen and oxygen atoms in total. The van der Waals surface area contributed by atoms with E-state index in [0.29, 0.717) is 11.1 Å². The van der Waals surface area contributed by atoms with Gasteiger partial charge >= 0.3 is 5.97 Å². The summed E-state index contributed by atoms with van der Waals surface area (Å²) in [6, 6.07) is 13.4. The summed E-state index contributed by atoms with van der Waals surface area (Å²) in [7, 11) is 0. The summed E-state index contributed by atoms with van der Waals surface area (Å²) in [6.07, 6.45) is -1.06. The number of carbonyl (C=O) groups is 2. The van der Waals surface area contributed by atoms with Crippen LogP contribution in [-0.4, -0.2) is 18.0 Å². The molecule has 0 bridgehead atoms. The van der Waals surface area contributed by atoms with Crippen molar-refractivity contribution in [2.24, 2.45) is 0 Å². The van der Waals surface area contributed by atoms with E-state index < -0.39 is 18.0 Å². The number of benzene rings is 2. The van der Waals surface area contributed by atoms with Gasteiger partial charge in [0.25, 0.3) is 5.91 Å². The minimum Gasteiger partial charge on any atom is -0.449 e. The van der Waals surface area contributed by atoms with Crippen LogP contribution in [0.2, 0.25) is 0 Å². The van der Waals surface area contributed by atoms with Crippen molar-refractivity contribution in [2.45, 2.75) is 26.9 Å². The zero-order valence-corrected chi connectivity index (χ0v) is 15.2. The fourth-order valence-electron chi connectivity index (χ4n) is 2.61. The summed E-state index contributed by atoms with van der Waals surface area (Å²) in [5.74, 6) is -1.60. The van der Waals surface area contributed by atoms with Crippen molar-refractivity contribution in [1.82, 2.24) is 0 Å². The van der Waals surface area contributed by atoms with E-state index in [1.54, 1.807) is 30.3 Å². The highest BCUT2D eigenvalue weighted by molar-refractivity contribution is 5.97. The normalized spacial score (nSPS) is 11.8. The number of aryl methyl sites for hydroxylation is 2. The third-order valence-electron chi connectivity index (χ3n) is 4.02. The number of esters is 1. The van der Waals surface area contributed by atoms with E-state index in [0.717, 1.165) is 17.2 Å². The molecule has 138 valence electrons. The molecule has 1 N–H and O–H groups in total. The Labute approximate surface area is 155 Å². The second-order valence-electron chi connectivity index (χ2n) is 6.38. The van der Waals surface area contributed by atoms with Gasteiger partial charge in [-0.2, -0.15) is 0 Å². The third-order valence-corrected chi connectivity index (χ3v) is 4.02. The molecule has 1 atom stereocenters. The first-order chi connectivity index (χ1) is 12.8. The molecule has 1 aromatic heterocycles. The van der Waals surface area contributed by atoms with E-state index in [2.05, 4.69) is 5.32 Å². The minimum atomic E-state index is -1.06. The maximum atomic E-state index is 12.3. The SMILES string of the molecule is Cc1cccc(NC(=O)[C@H](C)OC(=O)c2cc(=O)c3cc(C)ccc3o2)c1. The Morgan fingerprint density at radius 1 is 1.04 bits per heavy atom. The Kier molecular flexibility index (Phi) is 5.07. The number of rotatable bonds is 4. The van der Waals surface area contributed by atoms with Gasteiger partial charge in [0.05, 0.1) is 5.39 Å². The summed E-state index contributed by atoms with van der Waals surface area (Å²) >= 11 is 0. The van der Waals surface area contributed by atoms with Gasteiger partial charge in [-0.3, -0.25) is 9.59 Å². The third kappa shape index (κ3) is 4.23. The Morgan fingerprint density at radius 3 is 2.52 bits per heavy atom. The highest BCUT2D eigenvalue weighted by Gasteiger charge is 2.21. The molecule has 0 aliphatic carbocycles. The molecule has 0 unspecified atom stereocenters. The topological polar surface area (TPSA) is 85.6 Å². The summed E-state index contributed by atoms with van der Waals surface area (Å²) in [5, 5.41) is 3.06. The van der Waals surface area contributed by atoms with Crippen LogP contribution in [0.15, 0.2) is 57.7 Å². The van der Waals surface area contributed by atoms with Gasteiger partial charge in [0.15, 0.2) is 11.5 Å². The number of amides is 1. The molecule has 2 aromatic carbocycles. The van der Waals surface area contributed by atoms with Crippen LogP contribution < -0.4 is 10.7 Å². The molecular formula is C21H19NO5. The van der Waals surface area contributed by atoms with Crippen LogP contribution in [0, 0.1) is 13.8 Å². The van der Waals surface area contributed by atoms with Crippen LogP contribution in [0.25, 0.3) is 11.0 Å². The molecule has 0 aliphatic rings. The highest BCUT2D eigenvalue weighted by Crippen LogP contribution is 2.16. The lowest BCUT2D eigenvalue weighted by atomic mass is 10.1. The summed E-state index contributed by atoms with van der Waals surface area (Å²) < 4.78 is 10.6. The van der Waals surface area contributed by atoms with Gasteiger partial charge in [-0.15, -0.1) is 0 Å². The molecule has 0 saturated carbocycles. The molecule has 0 fully saturated rings. The molecule has 3 aromatic rings. The predicted octanol–water partition coefficient (Wildman–Crippen LogP) is 3.59. The molecule has 0 aliphatic heterocycles. The molecule has 0 spiro atoms. The van der Waals surface area contributed by atoms with Gasteiger partial charge in [0, 0.05) is 11.8 Å². The molecule has 0 radical (unpaired) electrons. The van der Waals surface area contributed by atoms with Gasteiger partial charge in [0.2, 0.25) is 5.76 Å². The number of fused-ring (bicyclic) bond motifs is 1. The maximum absolute atomic E-state index is 12.3. The highest BCUT2D eigenvalue weighted by atomic mass is 16.6. The average molecular weight is 365 g/mol. The fourth-order valence-corrected chi connectivity index (χ4v) is 2.61. The van der Waals surface area contributed by atoms with Gasteiger partial charge in [-0.05, 0) is 50.6 Å². The molecule has 3 rings (SSSR count). The van der Waals surface area contributed by atoms with Crippen molar-refractivity contribution in [3.63, 3.8) is 0 Å². The lowest BCUT2D eigenvalue weighted by Gasteiger charge is -2.13. The van der Waals surface area contributed by atoms with Crippen molar-refractivity contribution >= 4 is 28.5 Å². The Morgan fingerprint density at radius 2 is 1.78 bits per heavy atom. The van der Waals surface area contributed by atoms with E-state index in [4.69, 9.17) is 9.15 Å². The summed E-state index contributed by atoms with van der Waals surface area (Å²) in [6.45, 7) is 5.21. The van der Waals surface area contributed by atoms with Gasteiger partial charge in [-0.1, -0.05) is 23.8 Å². The van der Waals surface area contributed by atoms with Gasteiger partial charge in [-0.25, -0.2) is 4.79 Å². The number of hydrogen-bond acceptors (Lipinski definition) is 5. The molecule has 1 heterocycles. The van der Waals surface area contributed by atoms with Crippen molar-refractivity contribution in [2.75, 3.05) is 5.32 Å². The van der Waals surface area contributed by atoms with Crippen LogP contribution in [-0.2, 0) is 9.53 Å². The molecule has 1 amide bonds. The number of hydrogen-bond donors (Lipinski definition) is 1. The Hall–Kier alpha value is -3.41. The number of carbonyl (C=O) groups excluding carboxylic acids is 2. The van der Waals surface area contributed by atoms with Crippen molar-refractivity contribution < 1.29 is 18.7 Å². The Balaban J connectivity index is 1.74. The first kappa shape index (κ1) is 18.4. The number of ether oxygens (including phenoxy) is 1. The number of anilines is 1. The van der Waals surface area contributed by atoms with Crippen LogP contribution in [0.5, 0.6) is 0 Å². The first-order valence-corrected chi connectivity index (χ1v) is 8.46. The van der Waals surface area contributed by atoms with Crippen molar-refractivity contribution in [1.29, 1.82) is 0 Å². The lowest BCUT2D eigenvalue weighted by molar-refractivity contribution is -0.123. The molecular weight excluding hydrogens is 346 g/mol. The van der Waals surface area contributed by atoms with Gasteiger partial charge in [0.1, 0.15) is 5.58 Å². The zero-order chi connectivity index (χ0) is 19.6. The van der Waals surface area contributed by atoms with Crippen LogP contribution >= 0.6 is 0 Å². The fraction of sp³-hybridized carbons (Fsp3) is 0.190. The molecule has 6 heteroatoms. The summed E-state index contributed by atoms with van der Waals surface area (Å²) in [5.41, 5.74) is 2.45. The van der Waals surface area contributed by atoms with E-state index in [9.17, 15) is 14.4 Å². The maximum Gasteiger partial charge on any atom is 0.375 e. The van der Waals surface area contributed by atoms with E-state index in [-0.39, 0.29) is 16.8 Å². The predicted molar refractivity (Wildman–Crippen MR) is 102 cm³/mol. The monoisotopic (exact) mass is 365 g/mol. The first-order valence-electron chi connectivity index (χ1n) is 8.46. The van der Waals surface area contributed by atoms with E-state index in [1.807, 2.05) is 26.0 Å². The zero-order valence-electron chi connectivity index (χ0n) is 15.2. The smallest absolute Gasteiger partial charge is 0.375 e. The van der Waals surface area contributed by atoms with Crippen molar-refractivity contribution in [3.8, 4) is 0 Å². The lowest BCUT2D eigenvalue weighted by Crippen LogP contribution is -2.30. The Bertz CT molecular complexity index is 1080. The average Bonchev–Trinajstić information content (AvgIpc) is 2.62. The van der Waals surface area contributed by atoms with Crippen LogP contribution in [0.3, 0.4) is 0 Å². The second-order valence-corrected chi connectivity index (χ2v) is 6.38. The summed E-state index contributed by atoms with van der Waals surface area (Å²) in [4.78, 5) is 36.7. The molecule has 0 saturated heterocycles. The van der Waals surface area contributed by atoms with E-state index >= 15 is 0 Å². The van der Waals surface area contributed by atoms with Gasteiger partial charge < -0.3 is 14.5 Å². The molecule has 27 heavy (non-hydrogen) atoms. The van der Waals surface area contributed by atoms with Crippen molar-refractivity contribution in [3.05, 3.63) is 75.6 Å². The second kappa shape index (κ2) is 7.45. The quantitative estimate of drug-likeness (QED) is 0.714. The van der Waals surface area contributed by atoms with Crippen LogP contribution in [0.4, 0.5) is 5.69 Å². The van der Waals surface area contributed by atoms with E-state index in [1.165, 1.54) is 6.92 Å². The van der Waals surface area contributed by atoms with Crippen LogP contribution in [0.1, 0.15) is 28.6 Å². The largest absolute Gasteiger partial charge is 0.449 e. The number of nitrogens with one attached hydrogen (secondary N) is 1. The minimum absolute atomic E-state index is 0.244. The standard InChI is InChI=1S/C21H19NO5/c1-12-5-4-6-15(9-12)22-20(24)14(3)26-21(25)19-11-17(23)16-10-13(2)7-8-18(16)27-19/h4-11,14H,1-3H3,(H,22,24)/t14-/m0/s1.